The third kappa shape index (κ3) is 6.80. The highest BCUT2D eigenvalue weighted by molar-refractivity contribution is 5.76. The van der Waals surface area contributed by atoms with E-state index in [4.69, 9.17) is 0 Å². The highest BCUT2D eigenvalue weighted by atomic mass is 16.6. The predicted octanol–water partition coefficient (Wildman–Crippen LogP) is 3.07. The number of carbonyl (C=O) groups excluding carboxylic acids is 1. The van der Waals surface area contributed by atoms with Gasteiger partial charge in [-0.3, -0.25) is 4.79 Å². The van der Waals surface area contributed by atoms with E-state index in [0.29, 0.717) is 30.6 Å². The molecule has 130 valence electrons. The van der Waals surface area contributed by atoms with Gasteiger partial charge in [0.15, 0.2) is 0 Å². The Morgan fingerprint density at radius 1 is 1.30 bits per heavy atom. The minimum absolute atomic E-state index is 0.0212. The standard InChI is InChI=1S/C16H28N4O3/c1-11(2)8-14(9-12(3)4)18-16(21)6-7-19-10-15(20(22)23)17-13(19)5/h10-12,14H,6-9H2,1-5H3,(H,18,21). The number of hydrogen-bond donors (Lipinski definition) is 1. The molecule has 0 aliphatic heterocycles. The molecule has 1 aromatic rings. The van der Waals surface area contributed by atoms with Gasteiger partial charge < -0.3 is 20.0 Å². The Morgan fingerprint density at radius 2 is 1.87 bits per heavy atom. The van der Waals surface area contributed by atoms with Gasteiger partial charge in [0.05, 0.1) is 0 Å². The maximum Gasteiger partial charge on any atom is 0.381 e. The second kappa shape index (κ2) is 8.64. The molecule has 1 aromatic heterocycles. The average molecular weight is 324 g/mol. The predicted molar refractivity (Wildman–Crippen MR) is 89.1 cm³/mol. The van der Waals surface area contributed by atoms with Crippen molar-refractivity contribution in [2.24, 2.45) is 11.8 Å². The molecule has 0 saturated heterocycles. The Morgan fingerprint density at radius 3 is 2.30 bits per heavy atom. The summed E-state index contributed by atoms with van der Waals surface area (Å²) in [5.74, 6) is 1.40. The molecule has 0 spiro atoms. The molecule has 7 heteroatoms. The van der Waals surface area contributed by atoms with Crippen molar-refractivity contribution in [1.82, 2.24) is 14.9 Å². The van der Waals surface area contributed by atoms with Crippen LogP contribution in [0.5, 0.6) is 0 Å². The van der Waals surface area contributed by atoms with Gasteiger partial charge >= 0.3 is 5.82 Å². The van der Waals surface area contributed by atoms with Crippen LogP contribution in [0.2, 0.25) is 0 Å². The topological polar surface area (TPSA) is 90.1 Å². The molecule has 1 N–H and O–H groups in total. The summed E-state index contributed by atoms with van der Waals surface area (Å²) in [7, 11) is 0. The van der Waals surface area contributed by atoms with Crippen LogP contribution in [-0.2, 0) is 11.3 Å². The van der Waals surface area contributed by atoms with Gasteiger partial charge in [-0.1, -0.05) is 27.7 Å². The summed E-state index contributed by atoms with van der Waals surface area (Å²) < 4.78 is 1.65. The molecule has 0 aliphatic rings. The third-order valence-corrected chi connectivity index (χ3v) is 3.61. The van der Waals surface area contributed by atoms with E-state index >= 15 is 0 Å². The fourth-order valence-electron chi connectivity index (χ4n) is 2.68. The van der Waals surface area contributed by atoms with Crippen molar-refractivity contribution in [2.75, 3.05) is 0 Å². The summed E-state index contributed by atoms with van der Waals surface area (Å²) in [4.78, 5) is 26.2. The summed E-state index contributed by atoms with van der Waals surface area (Å²) in [5, 5.41) is 13.8. The van der Waals surface area contributed by atoms with Gasteiger partial charge in [0.2, 0.25) is 11.7 Å². The molecule has 7 nitrogen and oxygen atoms in total. The van der Waals surface area contributed by atoms with Gasteiger partial charge in [0.1, 0.15) is 6.20 Å². The molecule has 0 unspecified atom stereocenters. The Bertz CT molecular complexity index is 527. The number of hydrogen-bond acceptors (Lipinski definition) is 4. The zero-order chi connectivity index (χ0) is 17.6. The molecule has 0 radical (unpaired) electrons. The first-order valence-corrected chi connectivity index (χ1v) is 8.16. The Labute approximate surface area is 137 Å². The van der Waals surface area contributed by atoms with E-state index in [1.165, 1.54) is 6.20 Å². The summed E-state index contributed by atoms with van der Waals surface area (Å²) >= 11 is 0. The van der Waals surface area contributed by atoms with E-state index in [2.05, 4.69) is 38.0 Å². The minimum Gasteiger partial charge on any atom is -0.358 e. The first kappa shape index (κ1) is 19.1. The summed E-state index contributed by atoms with van der Waals surface area (Å²) in [5.41, 5.74) is 0. The normalized spacial score (nSPS) is 11.5. The maximum absolute atomic E-state index is 12.2. The number of nitro groups is 1. The lowest BCUT2D eigenvalue weighted by atomic mass is 9.95. The lowest BCUT2D eigenvalue weighted by Gasteiger charge is -2.22. The van der Waals surface area contributed by atoms with Crippen molar-refractivity contribution >= 4 is 11.7 Å². The van der Waals surface area contributed by atoms with E-state index in [1.807, 2.05) is 0 Å². The SMILES string of the molecule is Cc1nc([N+](=O)[O-])cn1CCC(=O)NC(CC(C)C)CC(C)C. The van der Waals surface area contributed by atoms with Crippen LogP contribution in [0.3, 0.4) is 0 Å². The molecule has 0 bridgehead atoms. The van der Waals surface area contributed by atoms with E-state index in [-0.39, 0.29) is 17.8 Å². The van der Waals surface area contributed by atoms with E-state index < -0.39 is 4.92 Å². The number of rotatable bonds is 9. The summed E-state index contributed by atoms with van der Waals surface area (Å²) in [6.45, 7) is 10.7. The average Bonchev–Trinajstić information content (AvgIpc) is 2.76. The molecule has 0 aromatic carbocycles. The highest BCUT2D eigenvalue weighted by Crippen LogP contribution is 2.14. The number of nitrogens with zero attached hydrogens (tertiary/aromatic N) is 3. The van der Waals surface area contributed by atoms with Crippen molar-refractivity contribution in [1.29, 1.82) is 0 Å². The summed E-state index contributed by atoms with van der Waals surface area (Å²) in [6, 6.07) is 0.181. The van der Waals surface area contributed by atoms with Crippen LogP contribution in [0.4, 0.5) is 5.82 Å². The third-order valence-electron chi connectivity index (χ3n) is 3.61. The lowest BCUT2D eigenvalue weighted by Crippen LogP contribution is -2.37. The van der Waals surface area contributed by atoms with E-state index in [9.17, 15) is 14.9 Å². The molecule has 1 heterocycles. The number of carbonyl (C=O) groups is 1. The lowest BCUT2D eigenvalue weighted by molar-refractivity contribution is -0.389. The van der Waals surface area contributed by atoms with Crippen molar-refractivity contribution in [3.63, 3.8) is 0 Å². The summed E-state index contributed by atoms with van der Waals surface area (Å²) in [6.07, 6.45) is 3.59. The number of aromatic nitrogens is 2. The van der Waals surface area contributed by atoms with Gasteiger partial charge in [-0.25, -0.2) is 0 Å². The van der Waals surface area contributed by atoms with Crippen LogP contribution in [-0.4, -0.2) is 26.4 Å². The molecular weight excluding hydrogens is 296 g/mol. The van der Waals surface area contributed by atoms with Gasteiger partial charge in [-0.2, -0.15) is 0 Å². The molecule has 0 atom stereocenters. The Kier molecular flexibility index (Phi) is 7.19. The second-order valence-electron chi connectivity index (χ2n) is 6.87. The molecule has 0 fully saturated rings. The zero-order valence-electron chi connectivity index (χ0n) is 14.7. The highest BCUT2D eigenvalue weighted by Gasteiger charge is 2.18. The maximum atomic E-state index is 12.2. The van der Waals surface area contributed by atoms with Crippen molar-refractivity contribution in [3.05, 3.63) is 22.1 Å². The van der Waals surface area contributed by atoms with Crippen molar-refractivity contribution in [3.8, 4) is 0 Å². The minimum atomic E-state index is -0.523. The fraction of sp³-hybridized carbons (Fsp3) is 0.750. The van der Waals surface area contributed by atoms with Crippen LogP contribution in [0.15, 0.2) is 6.20 Å². The largest absolute Gasteiger partial charge is 0.381 e. The quantitative estimate of drug-likeness (QED) is 0.558. The Hall–Kier alpha value is -1.92. The van der Waals surface area contributed by atoms with Crippen LogP contribution in [0.25, 0.3) is 0 Å². The molecule has 1 amide bonds. The molecule has 0 saturated carbocycles. The second-order valence-corrected chi connectivity index (χ2v) is 6.87. The van der Waals surface area contributed by atoms with Crippen molar-refractivity contribution in [2.45, 2.75) is 66.5 Å². The smallest absolute Gasteiger partial charge is 0.358 e. The molecule has 0 aliphatic carbocycles. The number of amides is 1. The molecular formula is C16H28N4O3. The van der Waals surface area contributed by atoms with E-state index in [1.54, 1.807) is 11.5 Å². The number of imidazole rings is 1. The van der Waals surface area contributed by atoms with Crippen LogP contribution in [0, 0.1) is 28.9 Å². The van der Waals surface area contributed by atoms with Crippen molar-refractivity contribution < 1.29 is 9.72 Å². The number of nitrogens with one attached hydrogen (secondary N) is 1. The van der Waals surface area contributed by atoms with Crippen LogP contribution < -0.4 is 5.32 Å². The van der Waals surface area contributed by atoms with Gasteiger partial charge in [0.25, 0.3) is 0 Å². The zero-order valence-corrected chi connectivity index (χ0v) is 14.7. The van der Waals surface area contributed by atoms with E-state index in [0.717, 1.165) is 12.8 Å². The fourth-order valence-corrected chi connectivity index (χ4v) is 2.68. The Balaban J connectivity index is 2.56. The number of aryl methyl sites for hydroxylation is 2. The van der Waals surface area contributed by atoms with Gasteiger partial charge in [-0.05, 0) is 34.6 Å². The van der Waals surface area contributed by atoms with Crippen LogP contribution >= 0.6 is 0 Å². The van der Waals surface area contributed by atoms with Crippen LogP contribution in [0.1, 0.15) is 52.8 Å². The molecule has 23 heavy (non-hydrogen) atoms. The first-order valence-electron chi connectivity index (χ1n) is 8.16. The molecule has 1 rings (SSSR count). The van der Waals surface area contributed by atoms with Gasteiger partial charge in [0, 0.05) is 25.9 Å². The van der Waals surface area contributed by atoms with Gasteiger partial charge in [-0.15, -0.1) is 0 Å². The monoisotopic (exact) mass is 324 g/mol. The first-order chi connectivity index (χ1) is 10.7.